The number of carbonyl (C=O) groups excluding carboxylic acids is 1. The lowest BCUT2D eigenvalue weighted by Gasteiger charge is -2.12. The van der Waals surface area contributed by atoms with E-state index in [2.05, 4.69) is 6.07 Å². The van der Waals surface area contributed by atoms with E-state index in [1.807, 2.05) is 0 Å². The highest BCUT2D eigenvalue weighted by atomic mass is 16.3. The molecule has 1 aromatic rings. The highest BCUT2D eigenvalue weighted by Gasteiger charge is 2.19. The van der Waals surface area contributed by atoms with Gasteiger partial charge in [-0.25, -0.2) is 0 Å². The lowest BCUT2D eigenvalue weighted by atomic mass is 10.0. The first-order chi connectivity index (χ1) is 6.13. The minimum absolute atomic E-state index is 0.282. The van der Waals surface area contributed by atoms with E-state index in [9.17, 15) is 4.79 Å². The van der Waals surface area contributed by atoms with Gasteiger partial charge in [0.2, 0.25) is 0 Å². The predicted molar refractivity (Wildman–Crippen MR) is 49.3 cm³/mol. The third-order valence-corrected chi connectivity index (χ3v) is 1.80. The number of carbonyl (C=O) groups is 1. The Morgan fingerprint density at radius 2 is 2.31 bits per heavy atom. The zero-order valence-corrected chi connectivity index (χ0v) is 7.40. The minimum Gasteiger partial charge on any atom is -0.391 e. The van der Waals surface area contributed by atoms with Gasteiger partial charge in [0, 0.05) is 5.56 Å². The Labute approximate surface area is 77.2 Å². The Morgan fingerprint density at radius 1 is 1.62 bits per heavy atom. The van der Waals surface area contributed by atoms with Crippen molar-refractivity contribution in [2.75, 3.05) is 0 Å². The molecule has 0 unspecified atom stereocenters. The number of hydrogen-bond acceptors (Lipinski definition) is 3. The zero-order chi connectivity index (χ0) is 9.84. The van der Waals surface area contributed by atoms with Crippen molar-refractivity contribution in [1.29, 1.82) is 0 Å². The van der Waals surface area contributed by atoms with Crippen LogP contribution in [0.1, 0.15) is 17.3 Å². The summed E-state index contributed by atoms with van der Waals surface area (Å²) in [6.07, 6.45) is -0.832. The molecule has 0 saturated carbocycles. The maximum atomic E-state index is 11.5. The molecule has 1 radical (unpaired) electrons. The van der Waals surface area contributed by atoms with Crippen LogP contribution >= 0.6 is 0 Å². The van der Waals surface area contributed by atoms with Crippen molar-refractivity contribution < 1.29 is 9.90 Å². The maximum Gasteiger partial charge on any atom is 0.182 e. The van der Waals surface area contributed by atoms with Crippen molar-refractivity contribution >= 4 is 5.78 Å². The van der Waals surface area contributed by atoms with Crippen LogP contribution in [-0.4, -0.2) is 23.0 Å². The van der Waals surface area contributed by atoms with Crippen molar-refractivity contribution in [3.05, 3.63) is 35.9 Å². The number of benzene rings is 1. The van der Waals surface area contributed by atoms with Gasteiger partial charge in [0.1, 0.15) is 0 Å². The Kier molecular flexibility index (Phi) is 3.17. The van der Waals surface area contributed by atoms with Gasteiger partial charge in [-0.2, -0.15) is 0 Å². The SMILES string of the molecule is C[C@@H](O)[C@H](N)C(=O)c1[c]cccc1. The summed E-state index contributed by atoms with van der Waals surface area (Å²) in [5.41, 5.74) is 5.89. The number of rotatable bonds is 3. The largest absolute Gasteiger partial charge is 0.391 e. The molecule has 13 heavy (non-hydrogen) atoms. The number of nitrogens with two attached hydrogens (primary N) is 1. The van der Waals surface area contributed by atoms with Gasteiger partial charge >= 0.3 is 0 Å². The molecular weight excluding hydrogens is 166 g/mol. The maximum absolute atomic E-state index is 11.5. The summed E-state index contributed by atoms with van der Waals surface area (Å²) in [7, 11) is 0. The average molecular weight is 178 g/mol. The molecule has 3 nitrogen and oxygen atoms in total. The number of hydrogen-bond donors (Lipinski definition) is 2. The van der Waals surface area contributed by atoms with Gasteiger partial charge in [-0.15, -0.1) is 0 Å². The van der Waals surface area contributed by atoms with Crippen molar-refractivity contribution in [2.24, 2.45) is 5.73 Å². The lowest BCUT2D eigenvalue weighted by molar-refractivity contribution is 0.0847. The normalized spacial score (nSPS) is 15.0. The van der Waals surface area contributed by atoms with Gasteiger partial charge in [-0.3, -0.25) is 4.79 Å². The molecule has 0 spiro atoms. The topological polar surface area (TPSA) is 63.3 Å². The molecule has 0 aliphatic heterocycles. The van der Waals surface area contributed by atoms with Gasteiger partial charge < -0.3 is 10.8 Å². The smallest absolute Gasteiger partial charge is 0.182 e. The van der Waals surface area contributed by atoms with E-state index in [0.29, 0.717) is 5.56 Å². The Bertz CT molecular complexity index is 282. The molecule has 0 aromatic heterocycles. The van der Waals surface area contributed by atoms with E-state index in [1.54, 1.807) is 24.3 Å². The number of aliphatic hydroxyl groups is 1. The minimum atomic E-state index is -0.862. The molecule has 1 aromatic carbocycles. The quantitative estimate of drug-likeness (QED) is 0.657. The first kappa shape index (κ1) is 9.89. The highest BCUT2D eigenvalue weighted by Crippen LogP contribution is 2.03. The molecule has 0 saturated heterocycles. The first-order valence-corrected chi connectivity index (χ1v) is 4.07. The summed E-state index contributed by atoms with van der Waals surface area (Å²) >= 11 is 0. The van der Waals surface area contributed by atoms with E-state index in [0.717, 1.165) is 0 Å². The van der Waals surface area contributed by atoms with Crippen LogP contribution in [-0.2, 0) is 0 Å². The third kappa shape index (κ3) is 2.37. The van der Waals surface area contributed by atoms with Crippen LogP contribution in [0.2, 0.25) is 0 Å². The second-order valence-corrected chi connectivity index (χ2v) is 2.91. The first-order valence-electron chi connectivity index (χ1n) is 4.07. The van der Waals surface area contributed by atoms with E-state index in [4.69, 9.17) is 10.8 Å². The molecule has 69 valence electrons. The van der Waals surface area contributed by atoms with E-state index >= 15 is 0 Å². The summed E-state index contributed by atoms with van der Waals surface area (Å²) in [6, 6.07) is 8.67. The van der Waals surface area contributed by atoms with Crippen LogP contribution in [0.3, 0.4) is 0 Å². The molecule has 2 atom stereocenters. The van der Waals surface area contributed by atoms with E-state index in [1.165, 1.54) is 6.92 Å². The summed E-state index contributed by atoms with van der Waals surface area (Å²) in [6.45, 7) is 1.49. The molecule has 0 heterocycles. The van der Waals surface area contributed by atoms with Gasteiger partial charge in [0.25, 0.3) is 0 Å². The molecule has 0 bridgehead atoms. The summed E-state index contributed by atoms with van der Waals surface area (Å²) < 4.78 is 0. The zero-order valence-electron chi connectivity index (χ0n) is 7.40. The fourth-order valence-electron chi connectivity index (χ4n) is 0.945. The van der Waals surface area contributed by atoms with Crippen molar-refractivity contribution in [2.45, 2.75) is 19.1 Å². The van der Waals surface area contributed by atoms with Crippen LogP contribution in [0.4, 0.5) is 0 Å². The number of aliphatic hydroxyl groups excluding tert-OH is 1. The monoisotopic (exact) mass is 178 g/mol. The van der Waals surface area contributed by atoms with Gasteiger partial charge in [-0.1, -0.05) is 24.3 Å². The van der Waals surface area contributed by atoms with Gasteiger partial charge in [0.05, 0.1) is 12.1 Å². The molecular formula is C10H12NO2. The van der Waals surface area contributed by atoms with Crippen molar-refractivity contribution in [3.63, 3.8) is 0 Å². The lowest BCUT2D eigenvalue weighted by Crippen LogP contribution is -2.40. The van der Waals surface area contributed by atoms with E-state index in [-0.39, 0.29) is 5.78 Å². The van der Waals surface area contributed by atoms with Crippen LogP contribution < -0.4 is 5.73 Å². The van der Waals surface area contributed by atoms with E-state index < -0.39 is 12.1 Å². The fraction of sp³-hybridized carbons (Fsp3) is 0.300. The standard InChI is InChI=1S/C10H12NO2/c1-7(12)9(11)10(13)8-5-3-2-4-6-8/h2-5,7,9,12H,11H2,1H3/t7-,9+/m1/s1. The Morgan fingerprint density at radius 3 is 2.77 bits per heavy atom. The van der Waals surface area contributed by atoms with Crippen LogP contribution in [0, 0.1) is 6.07 Å². The van der Waals surface area contributed by atoms with Crippen molar-refractivity contribution in [1.82, 2.24) is 0 Å². The molecule has 0 aliphatic carbocycles. The number of ketones is 1. The number of Topliss-reactive ketones (excluding diaryl/α,β-unsaturated/α-hetero) is 1. The molecule has 3 heteroatoms. The summed E-state index contributed by atoms with van der Waals surface area (Å²) in [4.78, 5) is 11.5. The molecule has 0 aliphatic rings. The van der Waals surface area contributed by atoms with Crippen molar-refractivity contribution in [3.8, 4) is 0 Å². The summed E-state index contributed by atoms with van der Waals surface area (Å²) in [5.74, 6) is -0.282. The molecule has 1 rings (SSSR count). The third-order valence-electron chi connectivity index (χ3n) is 1.80. The van der Waals surface area contributed by atoms with Crippen LogP contribution in [0.15, 0.2) is 24.3 Å². The Hall–Kier alpha value is -1.19. The molecule has 0 fully saturated rings. The summed E-state index contributed by atoms with van der Waals surface area (Å²) in [5, 5.41) is 9.09. The average Bonchev–Trinajstić information content (AvgIpc) is 2.17. The fourth-order valence-corrected chi connectivity index (χ4v) is 0.945. The molecule has 0 amide bonds. The Balaban J connectivity index is 2.80. The van der Waals surface area contributed by atoms with Crippen LogP contribution in [0.5, 0.6) is 0 Å². The van der Waals surface area contributed by atoms with Gasteiger partial charge in [-0.05, 0) is 13.0 Å². The highest BCUT2D eigenvalue weighted by molar-refractivity contribution is 6.00. The predicted octanol–water partition coefficient (Wildman–Crippen LogP) is 0.378. The second-order valence-electron chi connectivity index (χ2n) is 2.91. The van der Waals surface area contributed by atoms with Gasteiger partial charge in [0.15, 0.2) is 5.78 Å². The molecule has 3 N–H and O–H groups in total. The van der Waals surface area contributed by atoms with Crippen LogP contribution in [0.25, 0.3) is 0 Å². The second kappa shape index (κ2) is 4.16.